The first kappa shape index (κ1) is 26.8. The highest BCUT2D eigenvalue weighted by Crippen LogP contribution is 2.28. The van der Waals surface area contributed by atoms with Gasteiger partial charge < -0.3 is 36.6 Å². The molecule has 2 aliphatic carbocycles. The third-order valence-electron chi connectivity index (χ3n) is 5.34. The largest absolute Gasteiger partial charge is 0.697 e. The first-order chi connectivity index (χ1) is 13.8. The molecule has 3 aliphatic rings. The van der Waals surface area contributed by atoms with E-state index in [1.165, 1.54) is 64.2 Å². The summed E-state index contributed by atoms with van der Waals surface area (Å²) in [7, 11) is -3.02. The molecule has 0 aromatic carbocycles. The lowest BCUT2D eigenvalue weighted by Gasteiger charge is -2.36. The maximum Gasteiger partial charge on any atom is 0.697 e. The number of aliphatic hydroxyl groups is 4. The molecule has 0 amide bonds. The van der Waals surface area contributed by atoms with Gasteiger partial charge in [-0.05, 0) is 25.7 Å². The summed E-state index contributed by atoms with van der Waals surface area (Å²) in [6.45, 7) is -0.618. The van der Waals surface area contributed by atoms with Crippen LogP contribution in [0.1, 0.15) is 64.2 Å². The van der Waals surface area contributed by atoms with E-state index in [1.807, 2.05) is 0 Å². The van der Waals surface area contributed by atoms with Gasteiger partial charge in [0.05, 0.1) is 6.61 Å². The van der Waals surface area contributed by atoms with E-state index in [0.29, 0.717) is 12.1 Å². The van der Waals surface area contributed by atoms with Crippen molar-refractivity contribution in [2.45, 2.75) is 107 Å². The summed E-state index contributed by atoms with van der Waals surface area (Å²) < 4.78 is 19.4. The molecule has 0 radical (unpaired) electrons. The van der Waals surface area contributed by atoms with E-state index in [2.05, 4.69) is 4.52 Å². The smallest absolute Gasteiger partial charge is 0.394 e. The summed E-state index contributed by atoms with van der Waals surface area (Å²) in [6, 6.07) is 1.07. The molecule has 1 saturated heterocycles. The molecule has 3 rings (SSSR count). The van der Waals surface area contributed by atoms with Crippen LogP contribution in [0.3, 0.4) is 0 Å². The summed E-state index contributed by atoms with van der Waals surface area (Å²) in [5.41, 5.74) is 11.3. The minimum absolute atomic E-state index is 0.536. The summed E-state index contributed by atoms with van der Waals surface area (Å²) in [5, 5.41) is 36.6. The van der Waals surface area contributed by atoms with Crippen molar-refractivity contribution in [2.24, 2.45) is 11.5 Å². The predicted molar refractivity (Wildman–Crippen MR) is 107 cm³/mol. The van der Waals surface area contributed by atoms with Crippen molar-refractivity contribution in [1.82, 2.24) is 0 Å². The van der Waals surface area contributed by atoms with Crippen LogP contribution in [0.15, 0.2) is 0 Å². The molecule has 2 saturated carbocycles. The Balaban J connectivity index is 0.000000248. The minimum Gasteiger partial charge on any atom is -0.394 e. The standard InChI is InChI=1S/2C6H13N.C6H11O8P/c2*7-6-4-2-1-3-5-6;7-1-2-3(8)4(9)5(10)6(13-2)14-15(11)12/h2*6H,1-5,7H2;2-10H,1H2/p+1/t;;2-,3-,4+,5-,6-/m..1/s1. The Kier molecular flexibility index (Phi) is 13.6. The zero-order chi connectivity index (χ0) is 21.8. The van der Waals surface area contributed by atoms with Gasteiger partial charge in [-0.25, -0.2) is 0 Å². The molecule has 0 spiro atoms. The molecule has 172 valence electrons. The first-order valence-corrected chi connectivity index (χ1v) is 11.5. The lowest BCUT2D eigenvalue weighted by atomic mass is 9.97. The van der Waals surface area contributed by atoms with Crippen molar-refractivity contribution < 1.29 is 39.1 Å². The molecule has 1 heterocycles. The summed E-state index contributed by atoms with van der Waals surface area (Å²) in [6.07, 6.45) is 5.83. The highest BCUT2D eigenvalue weighted by molar-refractivity contribution is 7.32. The van der Waals surface area contributed by atoms with Gasteiger partial charge in [-0.15, -0.1) is 4.89 Å². The fourth-order valence-corrected chi connectivity index (χ4v) is 3.86. The molecular weight excluding hydrogens is 403 g/mol. The van der Waals surface area contributed by atoms with Crippen molar-refractivity contribution in [3.63, 3.8) is 0 Å². The molecule has 29 heavy (non-hydrogen) atoms. The Labute approximate surface area is 173 Å². The molecule has 10 nitrogen and oxygen atoms in total. The van der Waals surface area contributed by atoms with Gasteiger partial charge in [0.2, 0.25) is 6.29 Å². The Morgan fingerprint density at radius 3 is 1.59 bits per heavy atom. The molecule has 6 atom stereocenters. The highest BCUT2D eigenvalue weighted by atomic mass is 31.1. The predicted octanol–water partition coefficient (Wildman–Crippen LogP) is 0.00820. The maximum atomic E-state index is 10.3. The number of rotatable bonds is 3. The van der Waals surface area contributed by atoms with Crippen molar-refractivity contribution in [3.05, 3.63) is 0 Å². The first-order valence-electron chi connectivity index (χ1n) is 10.4. The van der Waals surface area contributed by atoms with Gasteiger partial charge in [-0.2, -0.15) is 0 Å². The van der Waals surface area contributed by atoms with Gasteiger partial charge in [0.1, 0.15) is 24.4 Å². The SMILES string of the molecule is NC1CCCCC1.NC1CCCCC1.O=[P+](O)O[C@H]1O[C@H](CO)[C@@H](O)[C@H](O)[C@H]1O. The van der Waals surface area contributed by atoms with E-state index >= 15 is 0 Å². The fraction of sp³-hybridized carbons (Fsp3) is 1.00. The number of hydrogen-bond donors (Lipinski definition) is 7. The van der Waals surface area contributed by atoms with E-state index in [9.17, 15) is 19.9 Å². The van der Waals surface area contributed by atoms with Crippen molar-refractivity contribution in [3.8, 4) is 0 Å². The number of nitrogens with two attached hydrogens (primary N) is 2. The number of ether oxygens (including phenoxy) is 1. The molecule has 1 aliphatic heterocycles. The average Bonchev–Trinajstić information content (AvgIpc) is 2.70. The second-order valence-corrected chi connectivity index (χ2v) is 8.52. The van der Waals surface area contributed by atoms with E-state index < -0.39 is 45.6 Å². The summed E-state index contributed by atoms with van der Waals surface area (Å²) >= 11 is 0. The highest BCUT2D eigenvalue weighted by Gasteiger charge is 2.47. The summed E-state index contributed by atoms with van der Waals surface area (Å²) in [4.78, 5) is 8.42. The topological polar surface area (TPSA) is 189 Å². The van der Waals surface area contributed by atoms with Gasteiger partial charge in [0.25, 0.3) is 0 Å². The van der Waals surface area contributed by atoms with E-state index in [4.69, 9.17) is 26.2 Å². The molecule has 11 heteroatoms. The van der Waals surface area contributed by atoms with Gasteiger partial charge in [-0.3, -0.25) is 0 Å². The monoisotopic (exact) mass is 441 g/mol. The maximum absolute atomic E-state index is 10.3. The Morgan fingerprint density at radius 1 is 0.828 bits per heavy atom. The van der Waals surface area contributed by atoms with E-state index in [-0.39, 0.29) is 0 Å². The Morgan fingerprint density at radius 2 is 1.28 bits per heavy atom. The third-order valence-corrected chi connectivity index (χ3v) is 5.73. The van der Waals surface area contributed by atoms with Crippen LogP contribution in [0, 0.1) is 0 Å². The van der Waals surface area contributed by atoms with E-state index in [1.54, 1.807) is 0 Å². The van der Waals surface area contributed by atoms with Crippen molar-refractivity contribution in [2.75, 3.05) is 6.61 Å². The molecule has 9 N–H and O–H groups in total. The van der Waals surface area contributed by atoms with E-state index in [0.717, 1.165) is 0 Å². The lowest BCUT2D eigenvalue weighted by Crippen LogP contribution is -2.58. The number of hydrogen-bond acceptors (Lipinski definition) is 9. The minimum atomic E-state index is -3.02. The van der Waals surface area contributed by atoms with Crippen LogP contribution in [0.5, 0.6) is 0 Å². The van der Waals surface area contributed by atoms with Crippen molar-refractivity contribution in [1.29, 1.82) is 0 Å². The number of aliphatic hydroxyl groups excluding tert-OH is 4. The molecular formula is C18H38N2O8P+. The average molecular weight is 441 g/mol. The third kappa shape index (κ3) is 10.5. The van der Waals surface area contributed by atoms with Gasteiger partial charge in [-0.1, -0.05) is 43.0 Å². The molecule has 1 unspecified atom stereocenters. The zero-order valence-corrected chi connectivity index (χ0v) is 17.8. The van der Waals surface area contributed by atoms with Gasteiger partial charge in [0, 0.05) is 16.6 Å². The molecule has 3 fully saturated rings. The van der Waals surface area contributed by atoms with Gasteiger partial charge >= 0.3 is 8.25 Å². The molecule has 0 aromatic heterocycles. The quantitative estimate of drug-likeness (QED) is 0.294. The molecule has 0 aromatic rings. The lowest BCUT2D eigenvalue weighted by molar-refractivity contribution is -0.277. The molecule has 0 bridgehead atoms. The normalized spacial score (nSPS) is 34.3. The fourth-order valence-electron chi connectivity index (χ4n) is 3.51. The van der Waals surface area contributed by atoms with Crippen LogP contribution in [-0.4, -0.2) is 74.7 Å². The Hall–Kier alpha value is -0.260. The second-order valence-electron chi connectivity index (χ2n) is 7.84. The summed E-state index contributed by atoms with van der Waals surface area (Å²) in [5.74, 6) is 0. The van der Waals surface area contributed by atoms with Crippen LogP contribution < -0.4 is 11.5 Å². The van der Waals surface area contributed by atoms with Crippen LogP contribution >= 0.6 is 8.25 Å². The van der Waals surface area contributed by atoms with Crippen molar-refractivity contribution >= 4 is 8.25 Å². The second kappa shape index (κ2) is 14.7. The van der Waals surface area contributed by atoms with Crippen LogP contribution in [-0.2, 0) is 13.8 Å². The Bertz CT molecular complexity index is 432. The van der Waals surface area contributed by atoms with Crippen LogP contribution in [0.4, 0.5) is 0 Å². The van der Waals surface area contributed by atoms with Crippen LogP contribution in [0.25, 0.3) is 0 Å². The van der Waals surface area contributed by atoms with Crippen LogP contribution in [0.2, 0.25) is 0 Å². The van der Waals surface area contributed by atoms with Gasteiger partial charge in [0.15, 0.2) is 0 Å². The zero-order valence-electron chi connectivity index (χ0n) is 16.9.